The molecule has 0 spiro atoms. The Morgan fingerprint density at radius 2 is 2.17 bits per heavy atom. The van der Waals surface area contributed by atoms with Gasteiger partial charge in [0.2, 0.25) is 5.91 Å². The Hall–Kier alpha value is -2.22. The first-order valence-corrected chi connectivity index (χ1v) is 8.25. The molecule has 2 N–H and O–H groups in total. The number of rotatable bonds is 6. The molecule has 1 atom stereocenters. The maximum Gasteiger partial charge on any atom is 0.328 e. The summed E-state index contributed by atoms with van der Waals surface area (Å²) in [6.07, 6.45) is 2.29. The molecule has 0 saturated carbocycles. The maximum absolute atomic E-state index is 12.1. The maximum atomic E-state index is 12.1. The molecule has 0 fully saturated rings. The van der Waals surface area contributed by atoms with Crippen molar-refractivity contribution in [2.24, 2.45) is 0 Å². The van der Waals surface area contributed by atoms with Gasteiger partial charge in [0.1, 0.15) is 5.01 Å². The van der Waals surface area contributed by atoms with Crippen LogP contribution in [-0.2, 0) is 11.3 Å². The average molecular weight is 336 g/mol. The van der Waals surface area contributed by atoms with Crippen molar-refractivity contribution in [3.63, 3.8) is 0 Å². The van der Waals surface area contributed by atoms with E-state index >= 15 is 0 Å². The van der Waals surface area contributed by atoms with E-state index in [1.54, 1.807) is 11.3 Å². The minimum absolute atomic E-state index is 0.118. The predicted octanol–water partition coefficient (Wildman–Crippen LogP) is 1.27. The summed E-state index contributed by atoms with van der Waals surface area (Å²) in [6.45, 7) is 6.16. The van der Waals surface area contributed by atoms with Crippen molar-refractivity contribution in [1.82, 2.24) is 19.9 Å². The molecule has 0 aromatic carbocycles. The van der Waals surface area contributed by atoms with Gasteiger partial charge in [-0.1, -0.05) is 6.92 Å². The molecular formula is C15H20N4O3S. The summed E-state index contributed by atoms with van der Waals surface area (Å²) in [5, 5.41) is 3.85. The Morgan fingerprint density at radius 3 is 2.74 bits per heavy atom. The number of nitrogens with zero attached hydrogens (tertiary/aromatic N) is 2. The Bertz CT molecular complexity index is 786. The summed E-state index contributed by atoms with van der Waals surface area (Å²) < 4.78 is 1.31. The van der Waals surface area contributed by atoms with Crippen LogP contribution in [0.4, 0.5) is 0 Å². The Labute approximate surface area is 137 Å². The van der Waals surface area contributed by atoms with Gasteiger partial charge < -0.3 is 9.88 Å². The molecule has 124 valence electrons. The standard InChI is InChI=1S/C15H20N4O3S/c1-4-11(14-16-9(2)10(3)23-14)17-12(20)5-7-19-8-6-13(21)18-15(19)22/h6,8,11H,4-5,7H2,1-3H3,(H,17,20)(H,18,21,22). The first kappa shape index (κ1) is 17.1. The van der Waals surface area contributed by atoms with Gasteiger partial charge in [-0.05, 0) is 20.3 Å². The topological polar surface area (TPSA) is 96.9 Å². The summed E-state index contributed by atoms with van der Waals surface area (Å²) in [4.78, 5) is 42.5. The van der Waals surface area contributed by atoms with Crippen molar-refractivity contribution in [1.29, 1.82) is 0 Å². The van der Waals surface area contributed by atoms with Gasteiger partial charge >= 0.3 is 5.69 Å². The molecule has 23 heavy (non-hydrogen) atoms. The fourth-order valence-corrected chi connectivity index (χ4v) is 3.15. The van der Waals surface area contributed by atoms with Crippen LogP contribution in [0.25, 0.3) is 0 Å². The molecule has 2 aromatic heterocycles. The lowest BCUT2D eigenvalue weighted by molar-refractivity contribution is -0.122. The second-order valence-corrected chi connectivity index (χ2v) is 6.51. The first-order chi connectivity index (χ1) is 10.9. The normalized spacial score (nSPS) is 12.1. The van der Waals surface area contributed by atoms with Crippen molar-refractivity contribution in [3.05, 3.63) is 48.7 Å². The monoisotopic (exact) mass is 336 g/mol. The van der Waals surface area contributed by atoms with E-state index in [1.807, 2.05) is 20.8 Å². The van der Waals surface area contributed by atoms with Gasteiger partial charge in [0.15, 0.2) is 0 Å². The van der Waals surface area contributed by atoms with Crippen molar-refractivity contribution >= 4 is 17.2 Å². The van der Waals surface area contributed by atoms with Crippen LogP contribution < -0.4 is 16.6 Å². The Morgan fingerprint density at radius 1 is 1.43 bits per heavy atom. The number of thiazole rings is 1. The highest BCUT2D eigenvalue weighted by atomic mass is 32.1. The van der Waals surface area contributed by atoms with Gasteiger partial charge in [-0.2, -0.15) is 0 Å². The van der Waals surface area contributed by atoms with E-state index < -0.39 is 11.2 Å². The summed E-state index contributed by atoms with van der Waals surface area (Å²) in [6, 6.07) is 1.14. The van der Waals surface area contributed by atoms with Crippen LogP contribution in [0.5, 0.6) is 0 Å². The SMILES string of the molecule is CCC(NC(=O)CCn1ccc(=O)[nH]c1=O)c1nc(C)c(C)s1. The zero-order chi connectivity index (χ0) is 17.0. The quantitative estimate of drug-likeness (QED) is 0.830. The number of H-pyrrole nitrogens is 1. The Balaban J connectivity index is 1.97. The molecule has 1 unspecified atom stereocenters. The smallest absolute Gasteiger partial charge is 0.328 e. The molecular weight excluding hydrogens is 316 g/mol. The Kier molecular flexibility index (Phi) is 5.49. The summed E-state index contributed by atoms with van der Waals surface area (Å²) in [5.74, 6) is -0.152. The van der Waals surface area contributed by atoms with Crippen LogP contribution >= 0.6 is 11.3 Å². The molecule has 0 aliphatic heterocycles. The molecule has 7 nitrogen and oxygen atoms in total. The molecule has 2 aromatic rings. The molecule has 0 saturated heterocycles. The largest absolute Gasteiger partial charge is 0.347 e. The molecule has 0 radical (unpaired) electrons. The van der Waals surface area contributed by atoms with Crippen LogP contribution in [0.15, 0.2) is 21.9 Å². The summed E-state index contributed by atoms with van der Waals surface area (Å²) >= 11 is 1.59. The minimum Gasteiger partial charge on any atom is -0.347 e. The van der Waals surface area contributed by atoms with Crippen LogP contribution in [-0.4, -0.2) is 20.4 Å². The van der Waals surface area contributed by atoms with Crippen LogP contribution in [0.2, 0.25) is 0 Å². The zero-order valence-corrected chi connectivity index (χ0v) is 14.2. The van der Waals surface area contributed by atoms with Crippen molar-refractivity contribution in [3.8, 4) is 0 Å². The van der Waals surface area contributed by atoms with E-state index in [0.29, 0.717) is 0 Å². The number of carbonyl (C=O) groups is 1. The van der Waals surface area contributed by atoms with E-state index in [9.17, 15) is 14.4 Å². The van der Waals surface area contributed by atoms with E-state index in [4.69, 9.17) is 0 Å². The molecule has 0 aliphatic carbocycles. The van der Waals surface area contributed by atoms with Gasteiger partial charge in [-0.25, -0.2) is 9.78 Å². The number of hydrogen-bond acceptors (Lipinski definition) is 5. The average Bonchev–Trinajstić information content (AvgIpc) is 2.83. The molecule has 0 aliphatic rings. The third-order valence-electron chi connectivity index (χ3n) is 3.56. The lowest BCUT2D eigenvalue weighted by Crippen LogP contribution is -2.32. The fourth-order valence-electron chi connectivity index (χ4n) is 2.09. The van der Waals surface area contributed by atoms with Gasteiger partial charge in [0.05, 0.1) is 11.7 Å². The van der Waals surface area contributed by atoms with Crippen LogP contribution in [0.1, 0.15) is 41.4 Å². The molecule has 1 amide bonds. The molecule has 8 heteroatoms. The van der Waals surface area contributed by atoms with Gasteiger partial charge in [-0.3, -0.25) is 14.6 Å². The minimum atomic E-state index is -0.511. The lowest BCUT2D eigenvalue weighted by Gasteiger charge is -2.14. The van der Waals surface area contributed by atoms with Crippen molar-refractivity contribution < 1.29 is 4.79 Å². The summed E-state index contributed by atoms with van der Waals surface area (Å²) in [5.41, 5.74) is 0.0252. The van der Waals surface area contributed by atoms with E-state index in [-0.39, 0.29) is 24.9 Å². The van der Waals surface area contributed by atoms with Gasteiger partial charge in [0, 0.05) is 30.1 Å². The molecule has 2 rings (SSSR count). The number of aryl methyl sites for hydroxylation is 3. The number of carbonyl (C=O) groups excluding carboxylic acids is 1. The predicted molar refractivity (Wildman–Crippen MR) is 88.7 cm³/mol. The van der Waals surface area contributed by atoms with Crippen molar-refractivity contribution in [2.75, 3.05) is 0 Å². The second-order valence-electron chi connectivity index (χ2n) is 5.28. The van der Waals surface area contributed by atoms with E-state index in [1.165, 1.54) is 16.8 Å². The highest BCUT2D eigenvalue weighted by Gasteiger charge is 2.17. The summed E-state index contributed by atoms with van der Waals surface area (Å²) in [7, 11) is 0. The molecule has 0 bridgehead atoms. The van der Waals surface area contributed by atoms with Crippen LogP contribution in [0.3, 0.4) is 0 Å². The zero-order valence-electron chi connectivity index (χ0n) is 13.4. The third-order valence-corrected chi connectivity index (χ3v) is 4.75. The van der Waals surface area contributed by atoms with Gasteiger partial charge in [0.25, 0.3) is 5.56 Å². The lowest BCUT2D eigenvalue weighted by atomic mass is 10.2. The number of aromatic amines is 1. The second kappa shape index (κ2) is 7.36. The number of nitrogens with one attached hydrogen (secondary N) is 2. The van der Waals surface area contributed by atoms with Crippen molar-refractivity contribution in [2.45, 2.75) is 46.2 Å². The first-order valence-electron chi connectivity index (χ1n) is 7.43. The number of hydrogen-bond donors (Lipinski definition) is 2. The van der Waals surface area contributed by atoms with E-state index in [0.717, 1.165) is 22.0 Å². The third kappa shape index (κ3) is 4.38. The van der Waals surface area contributed by atoms with E-state index in [2.05, 4.69) is 15.3 Å². The molecule has 2 heterocycles. The highest BCUT2D eigenvalue weighted by molar-refractivity contribution is 7.11. The number of aromatic nitrogens is 3. The van der Waals surface area contributed by atoms with Crippen LogP contribution in [0, 0.1) is 13.8 Å². The highest BCUT2D eigenvalue weighted by Crippen LogP contribution is 2.24. The number of amides is 1. The van der Waals surface area contributed by atoms with Gasteiger partial charge in [-0.15, -0.1) is 11.3 Å². The fraction of sp³-hybridized carbons (Fsp3) is 0.467.